The molecule has 3 N–H and O–H groups in total. The summed E-state index contributed by atoms with van der Waals surface area (Å²) in [5.41, 5.74) is 13.9. The van der Waals surface area contributed by atoms with E-state index in [2.05, 4.69) is 34.6 Å². The molecule has 0 saturated carbocycles. The molecule has 98 valence electrons. The molecule has 1 aromatic carbocycles. The van der Waals surface area contributed by atoms with Crippen LogP contribution in [0.25, 0.3) is 0 Å². The van der Waals surface area contributed by atoms with Gasteiger partial charge in [-0.05, 0) is 74.4 Å². The van der Waals surface area contributed by atoms with Crippen LogP contribution in [0.4, 0.5) is 0 Å². The van der Waals surface area contributed by atoms with E-state index in [1.54, 1.807) is 0 Å². The van der Waals surface area contributed by atoms with Crippen LogP contribution in [-0.4, -0.2) is 11.7 Å². The Kier molecular flexibility index (Phi) is 6.17. The van der Waals surface area contributed by atoms with Crippen molar-refractivity contribution in [3.8, 4) is 0 Å². The predicted octanol–water partition coefficient (Wildman–Crippen LogP) is 3.03. The standard InChI is InChI=1S/C14H23NO.ClH/c1-8-9(2)11(4)14(12(5)10(8)3)13(15)6-7-16;/h13,16H,6-7,15H2,1-5H3;1H. The fourth-order valence-corrected chi connectivity index (χ4v) is 2.37. The molecule has 1 unspecified atom stereocenters. The number of hydrogen-bond acceptors (Lipinski definition) is 2. The quantitative estimate of drug-likeness (QED) is 0.874. The zero-order valence-electron chi connectivity index (χ0n) is 11.4. The maximum Gasteiger partial charge on any atom is 0.0449 e. The first kappa shape index (κ1) is 16.4. The molecule has 0 aliphatic carbocycles. The summed E-state index contributed by atoms with van der Waals surface area (Å²) in [6, 6.07) is -0.0528. The third-order valence-electron chi connectivity index (χ3n) is 3.87. The van der Waals surface area contributed by atoms with Gasteiger partial charge in [0.05, 0.1) is 0 Å². The van der Waals surface area contributed by atoms with Crippen LogP contribution in [-0.2, 0) is 0 Å². The van der Waals surface area contributed by atoms with Crippen LogP contribution in [0, 0.1) is 34.6 Å². The summed E-state index contributed by atoms with van der Waals surface area (Å²) in [6.45, 7) is 10.8. The van der Waals surface area contributed by atoms with E-state index in [0.29, 0.717) is 6.42 Å². The summed E-state index contributed by atoms with van der Waals surface area (Å²) < 4.78 is 0. The summed E-state index contributed by atoms with van der Waals surface area (Å²) in [4.78, 5) is 0. The van der Waals surface area contributed by atoms with E-state index < -0.39 is 0 Å². The van der Waals surface area contributed by atoms with E-state index in [1.165, 1.54) is 33.4 Å². The summed E-state index contributed by atoms with van der Waals surface area (Å²) in [7, 11) is 0. The van der Waals surface area contributed by atoms with Crippen molar-refractivity contribution in [2.24, 2.45) is 5.73 Å². The Bertz CT molecular complexity index is 373. The lowest BCUT2D eigenvalue weighted by Gasteiger charge is -2.22. The molecule has 0 spiro atoms. The first-order valence-electron chi connectivity index (χ1n) is 5.85. The van der Waals surface area contributed by atoms with Crippen LogP contribution >= 0.6 is 12.4 Å². The molecular weight excluding hydrogens is 234 g/mol. The van der Waals surface area contributed by atoms with Crippen molar-refractivity contribution in [3.05, 3.63) is 33.4 Å². The van der Waals surface area contributed by atoms with Gasteiger partial charge in [0.2, 0.25) is 0 Å². The molecule has 2 nitrogen and oxygen atoms in total. The zero-order chi connectivity index (χ0) is 12.5. The molecule has 1 rings (SSSR count). The molecule has 0 bridgehead atoms. The van der Waals surface area contributed by atoms with Crippen molar-refractivity contribution in [2.75, 3.05) is 6.61 Å². The third kappa shape index (κ3) is 3.01. The fraction of sp³-hybridized carbons (Fsp3) is 0.571. The van der Waals surface area contributed by atoms with Crippen LogP contribution in [0.15, 0.2) is 0 Å². The number of benzene rings is 1. The van der Waals surface area contributed by atoms with E-state index in [9.17, 15) is 0 Å². The smallest absolute Gasteiger partial charge is 0.0449 e. The van der Waals surface area contributed by atoms with Crippen LogP contribution in [0.5, 0.6) is 0 Å². The van der Waals surface area contributed by atoms with E-state index in [4.69, 9.17) is 10.8 Å². The molecule has 0 heterocycles. The van der Waals surface area contributed by atoms with Crippen LogP contribution in [0.1, 0.15) is 45.8 Å². The highest BCUT2D eigenvalue weighted by molar-refractivity contribution is 5.85. The van der Waals surface area contributed by atoms with Crippen molar-refractivity contribution in [3.63, 3.8) is 0 Å². The molecule has 1 aromatic rings. The first-order valence-corrected chi connectivity index (χ1v) is 5.85. The molecule has 0 aliphatic rings. The number of aliphatic hydroxyl groups is 1. The minimum atomic E-state index is -0.0528. The lowest BCUT2D eigenvalue weighted by atomic mass is 9.86. The molecule has 17 heavy (non-hydrogen) atoms. The molecule has 3 heteroatoms. The summed E-state index contributed by atoms with van der Waals surface area (Å²) in [5.74, 6) is 0. The van der Waals surface area contributed by atoms with Gasteiger partial charge in [-0.3, -0.25) is 0 Å². The van der Waals surface area contributed by atoms with E-state index >= 15 is 0 Å². The van der Waals surface area contributed by atoms with E-state index in [1.807, 2.05) is 0 Å². The van der Waals surface area contributed by atoms with Gasteiger partial charge in [0.15, 0.2) is 0 Å². The van der Waals surface area contributed by atoms with Crippen LogP contribution < -0.4 is 5.73 Å². The highest BCUT2D eigenvalue weighted by atomic mass is 35.5. The Morgan fingerprint density at radius 2 is 1.24 bits per heavy atom. The molecule has 0 aromatic heterocycles. The van der Waals surface area contributed by atoms with Gasteiger partial charge in [-0.15, -0.1) is 12.4 Å². The fourth-order valence-electron chi connectivity index (χ4n) is 2.37. The molecule has 0 saturated heterocycles. The summed E-state index contributed by atoms with van der Waals surface area (Å²) >= 11 is 0. The zero-order valence-corrected chi connectivity index (χ0v) is 12.2. The van der Waals surface area contributed by atoms with Crippen molar-refractivity contribution in [1.82, 2.24) is 0 Å². The topological polar surface area (TPSA) is 46.2 Å². The molecule has 0 aliphatic heterocycles. The van der Waals surface area contributed by atoms with Gasteiger partial charge in [0.25, 0.3) is 0 Å². The predicted molar refractivity (Wildman–Crippen MR) is 76.0 cm³/mol. The van der Waals surface area contributed by atoms with E-state index in [-0.39, 0.29) is 25.1 Å². The van der Waals surface area contributed by atoms with Crippen molar-refractivity contribution >= 4 is 12.4 Å². The second kappa shape index (κ2) is 6.39. The summed E-state index contributed by atoms with van der Waals surface area (Å²) in [6.07, 6.45) is 0.629. The number of hydrogen-bond donors (Lipinski definition) is 2. The Labute approximate surface area is 111 Å². The first-order chi connectivity index (χ1) is 7.41. The largest absolute Gasteiger partial charge is 0.396 e. The average Bonchev–Trinajstić information content (AvgIpc) is 2.24. The Balaban J connectivity index is 0.00000256. The maximum absolute atomic E-state index is 8.99. The van der Waals surface area contributed by atoms with Gasteiger partial charge in [0.1, 0.15) is 0 Å². The van der Waals surface area contributed by atoms with Gasteiger partial charge in [-0.2, -0.15) is 0 Å². The van der Waals surface area contributed by atoms with E-state index in [0.717, 1.165) is 0 Å². The van der Waals surface area contributed by atoms with Crippen LogP contribution in [0.2, 0.25) is 0 Å². The van der Waals surface area contributed by atoms with Gasteiger partial charge in [-0.25, -0.2) is 0 Å². The molecule has 0 radical (unpaired) electrons. The van der Waals surface area contributed by atoms with Gasteiger partial charge in [0, 0.05) is 12.6 Å². The lowest BCUT2D eigenvalue weighted by molar-refractivity contribution is 0.276. The second-order valence-electron chi connectivity index (χ2n) is 4.66. The monoisotopic (exact) mass is 257 g/mol. The average molecular weight is 258 g/mol. The molecular formula is C14H24ClNO. The van der Waals surface area contributed by atoms with Gasteiger partial charge in [-0.1, -0.05) is 0 Å². The number of halogens is 1. The second-order valence-corrected chi connectivity index (χ2v) is 4.66. The normalized spacial score (nSPS) is 12.2. The Morgan fingerprint density at radius 1 is 0.882 bits per heavy atom. The van der Waals surface area contributed by atoms with Crippen LogP contribution in [0.3, 0.4) is 0 Å². The molecule has 1 atom stereocenters. The number of aliphatic hydroxyl groups excluding tert-OH is 1. The molecule has 0 fully saturated rings. The van der Waals surface area contributed by atoms with Crippen molar-refractivity contribution in [1.29, 1.82) is 0 Å². The maximum atomic E-state index is 8.99. The SMILES string of the molecule is Cc1c(C)c(C)c(C(N)CCO)c(C)c1C.Cl. The Morgan fingerprint density at radius 3 is 1.59 bits per heavy atom. The Hall–Kier alpha value is -0.570. The number of rotatable bonds is 3. The van der Waals surface area contributed by atoms with Gasteiger partial charge >= 0.3 is 0 Å². The highest BCUT2D eigenvalue weighted by Gasteiger charge is 2.16. The van der Waals surface area contributed by atoms with Gasteiger partial charge < -0.3 is 10.8 Å². The summed E-state index contributed by atoms with van der Waals surface area (Å²) in [5, 5.41) is 8.99. The lowest BCUT2D eigenvalue weighted by Crippen LogP contribution is -2.17. The van der Waals surface area contributed by atoms with Crippen molar-refractivity contribution in [2.45, 2.75) is 47.1 Å². The third-order valence-corrected chi connectivity index (χ3v) is 3.87. The highest BCUT2D eigenvalue weighted by Crippen LogP contribution is 2.30. The molecule has 0 amide bonds. The minimum Gasteiger partial charge on any atom is -0.396 e. The van der Waals surface area contributed by atoms with Crippen molar-refractivity contribution < 1.29 is 5.11 Å². The number of nitrogens with two attached hydrogens (primary N) is 1. The minimum absolute atomic E-state index is 0.